The number of hydrogen-bond acceptors (Lipinski definition) is 1. The molecule has 1 nitrogen and oxygen atoms in total. The van der Waals surface area contributed by atoms with Crippen LogP contribution in [0.15, 0.2) is 0 Å². The lowest BCUT2D eigenvalue weighted by atomic mass is 10.0. The Morgan fingerprint density at radius 3 is 1.50 bits per heavy atom. The molecule has 0 aromatic rings. The molecule has 0 radical (unpaired) electrons. The summed E-state index contributed by atoms with van der Waals surface area (Å²) in [5, 5.41) is 0. The number of hydrogen-bond donors (Lipinski definition) is 0. The van der Waals surface area contributed by atoms with Crippen LogP contribution in [0.1, 0.15) is 84.5 Å². The van der Waals surface area contributed by atoms with Gasteiger partial charge in [-0.15, -0.1) is 17.0 Å². The zero-order valence-corrected chi connectivity index (χ0v) is 14.9. The summed E-state index contributed by atoms with van der Waals surface area (Å²) >= 11 is 0. The van der Waals surface area contributed by atoms with Gasteiger partial charge < -0.3 is 4.90 Å². The molecular formula is C16H36BrN. The van der Waals surface area contributed by atoms with E-state index in [1.165, 1.54) is 70.6 Å². The third-order valence-corrected chi connectivity index (χ3v) is 3.86. The topological polar surface area (TPSA) is 3.24 Å². The molecule has 2 heteroatoms. The average Bonchev–Trinajstić information content (AvgIpc) is 2.31. The smallest absolute Gasteiger partial charge is 0.00608 e. The van der Waals surface area contributed by atoms with Crippen LogP contribution in [-0.2, 0) is 0 Å². The van der Waals surface area contributed by atoms with Crippen LogP contribution >= 0.6 is 17.0 Å². The molecule has 0 saturated heterocycles. The van der Waals surface area contributed by atoms with Crippen molar-refractivity contribution in [3.63, 3.8) is 0 Å². The predicted octanol–water partition coefficient (Wildman–Crippen LogP) is 5.83. The van der Waals surface area contributed by atoms with Gasteiger partial charge in [0.05, 0.1) is 0 Å². The molecule has 0 aromatic heterocycles. The van der Waals surface area contributed by atoms with E-state index in [9.17, 15) is 0 Å². The molecule has 1 unspecified atom stereocenters. The van der Waals surface area contributed by atoms with Gasteiger partial charge in [0.25, 0.3) is 0 Å². The molecule has 1 atom stereocenters. The Labute approximate surface area is 126 Å². The van der Waals surface area contributed by atoms with Gasteiger partial charge in [-0.25, -0.2) is 0 Å². The largest absolute Gasteiger partial charge is 0.307 e. The summed E-state index contributed by atoms with van der Waals surface area (Å²) in [6.45, 7) is 4.61. The van der Waals surface area contributed by atoms with E-state index in [0.717, 1.165) is 6.04 Å². The van der Waals surface area contributed by atoms with E-state index in [-0.39, 0.29) is 17.0 Å². The lowest BCUT2D eigenvalue weighted by Gasteiger charge is -2.19. The molecule has 0 aromatic carbocycles. The quantitative estimate of drug-likeness (QED) is 0.409. The van der Waals surface area contributed by atoms with Gasteiger partial charge >= 0.3 is 0 Å². The first-order chi connectivity index (χ1) is 8.18. The third-order valence-electron chi connectivity index (χ3n) is 3.86. The Morgan fingerprint density at radius 2 is 1.11 bits per heavy atom. The van der Waals surface area contributed by atoms with Crippen molar-refractivity contribution in [3.8, 4) is 0 Å². The maximum atomic E-state index is 2.33. The molecule has 0 fully saturated rings. The normalized spacial score (nSPS) is 12.5. The minimum atomic E-state index is 0. The maximum absolute atomic E-state index is 2.33. The highest BCUT2D eigenvalue weighted by atomic mass is 79.9. The second kappa shape index (κ2) is 15.5. The fourth-order valence-corrected chi connectivity index (χ4v) is 2.19. The second-order valence-corrected chi connectivity index (χ2v) is 5.78. The van der Waals surface area contributed by atoms with E-state index >= 15 is 0 Å². The first-order valence-electron chi connectivity index (χ1n) is 7.85. The second-order valence-electron chi connectivity index (χ2n) is 5.78. The fourth-order valence-electron chi connectivity index (χ4n) is 2.19. The van der Waals surface area contributed by atoms with Gasteiger partial charge in [-0.1, -0.05) is 71.1 Å². The highest BCUT2D eigenvalue weighted by molar-refractivity contribution is 8.93. The van der Waals surface area contributed by atoms with E-state index < -0.39 is 0 Å². The van der Waals surface area contributed by atoms with Crippen molar-refractivity contribution in [3.05, 3.63) is 0 Å². The number of nitrogens with zero attached hydrogens (tertiary/aromatic N) is 1. The lowest BCUT2D eigenvalue weighted by Crippen LogP contribution is -2.24. The predicted molar refractivity (Wildman–Crippen MR) is 89.9 cm³/mol. The summed E-state index contributed by atoms with van der Waals surface area (Å²) in [5.74, 6) is 0. The fraction of sp³-hybridized carbons (Fsp3) is 1.00. The molecule has 0 aliphatic rings. The Bertz CT molecular complexity index is 148. The van der Waals surface area contributed by atoms with Crippen molar-refractivity contribution in [2.45, 2.75) is 90.5 Å². The van der Waals surface area contributed by atoms with Crippen LogP contribution in [0.5, 0.6) is 0 Å². The van der Waals surface area contributed by atoms with E-state index in [1.807, 2.05) is 0 Å². The molecule has 0 aliphatic heterocycles. The minimum absolute atomic E-state index is 0. The summed E-state index contributed by atoms with van der Waals surface area (Å²) < 4.78 is 0. The molecule has 0 spiro atoms. The van der Waals surface area contributed by atoms with Crippen molar-refractivity contribution in [2.24, 2.45) is 0 Å². The van der Waals surface area contributed by atoms with E-state index in [1.54, 1.807) is 0 Å². The molecule has 18 heavy (non-hydrogen) atoms. The van der Waals surface area contributed by atoms with Gasteiger partial charge in [0.2, 0.25) is 0 Å². The first-order valence-corrected chi connectivity index (χ1v) is 7.85. The van der Waals surface area contributed by atoms with Crippen molar-refractivity contribution in [1.29, 1.82) is 0 Å². The Morgan fingerprint density at radius 1 is 0.722 bits per heavy atom. The van der Waals surface area contributed by atoms with Gasteiger partial charge in [-0.3, -0.25) is 0 Å². The molecule has 0 bridgehead atoms. The zero-order valence-electron chi connectivity index (χ0n) is 13.2. The van der Waals surface area contributed by atoms with Crippen LogP contribution in [-0.4, -0.2) is 25.0 Å². The molecule has 0 aliphatic carbocycles. The summed E-state index contributed by atoms with van der Waals surface area (Å²) in [6, 6.07) is 0.754. The first kappa shape index (κ1) is 20.8. The van der Waals surface area contributed by atoms with E-state index in [4.69, 9.17) is 0 Å². The Hall–Kier alpha value is 0.440. The van der Waals surface area contributed by atoms with Crippen molar-refractivity contribution in [2.75, 3.05) is 14.1 Å². The molecule has 0 saturated carbocycles. The number of unbranched alkanes of at least 4 members (excludes halogenated alkanes) is 9. The van der Waals surface area contributed by atoms with Crippen LogP contribution < -0.4 is 0 Å². The van der Waals surface area contributed by atoms with Crippen molar-refractivity contribution < 1.29 is 0 Å². The van der Waals surface area contributed by atoms with E-state index in [0.29, 0.717) is 0 Å². The zero-order chi connectivity index (χ0) is 12.9. The molecule has 0 heterocycles. The van der Waals surface area contributed by atoms with Gasteiger partial charge in [0.1, 0.15) is 0 Å². The van der Waals surface area contributed by atoms with Crippen LogP contribution in [0.3, 0.4) is 0 Å². The third kappa shape index (κ3) is 14.5. The summed E-state index contributed by atoms with van der Waals surface area (Å²) in [6.07, 6.45) is 15.8. The molecule has 112 valence electrons. The minimum Gasteiger partial charge on any atom is -0.307 e. The highest BCUT2D eigenvalue weighted by Gasteiger charge is 2.02. The SMILES string of the molecule is Br.CCCCCCCCCCCCC(C)N(C)C. The summed E-state index contributed by atoms with van der Waals surface area (Å²) in [5.41, 5.74) is 0. The average molecular weight is 322 g/mol. The van der Waals surface area contributed by atoms with Gasteiger partial charge in [0.15, 0.2) is 0 Å². The maximum Gasteiger partial charge on any atom is 0.00608 e. The highest BCUT2D eigenvalue weighted by Crippen LogP contribution is 2.12. The van der Waals surface area contributed by atoms with Gasteiger partial charge in [0, 0.05) is 6.04 Å². The molecule has 0 N–H and O–H groups in total. The summed E-state index contributed by atoms with van der Waals surface area (Å²) in [7, 11) is 4.36. The number of rotatable bonds is 12. The molecule has 0 rings (SSSR count). The molecular weight excluding hydrogens is 286 g/mol. The van der Waals surface area contributed by atoms with E-state index in [2.05, 4.69) is 32.8 Å². The summed E-state index contributed by atoms with van der Waals surface area (Å²) in [4.78, 5) is 2.33. The monoisotopic (exact) mass is 321 g/mol. The van der Waals surface area contributed by atoms with Crippen LogP contribution in [0.2, 0.25) is 0 Å². The van der Waals surface area contributed by atoms with Crippen molar-refractivity contribution >= 4 is 17.0 Å². The standard InChI is InChI=1S/C16H35N.BrH/c1-5-6-7-8-9-10-11-12-13-14-15-16(2)17(3)4;/h16H,5-15H2,1-4H3;1H. The Kier molecular flexibility index (Phi) is 17.9. The van der Waals surface area contributed by atoms with Crippen LogP contribution in [0.25, 0.3) is 0 Å². The van der Waals surface area contributed by atoms with Crippen LogP contribution in [0.4, 0.5) is 0 Å². The van der Waals surface area contributed by atoms with Crippen LogP contribution in [0, 0.1) is 0 Å². The lowest BCUT2D eigenvalue weighted by molar-refractivity contribution is 0.291. The number of halogens is 1. The molecule has 0 amide bonds. The Balaban J connectivity index is 0. The van der Waals surface area contributed by atoms with Crippen molar-refractivity contribution in [1.82, 2.24) is 4.90 Å². The van der Waals surface area contributed by atoms with Gasteiger partial charge in [-0.2, -0.15) is 0 Å². The van der Waals surface area contributed by atoms with Gasteiger partial charge in [-0.05, 0) is 27.4 Å².